The summed E-state index contributed by atoms with van der Waals surface area (Å²) < 4.78 is 1.04. The molecule has 0 aliphatic heterocycles. The lowest BCUT2D eigenvalue weighted by Crippen LogP contribution is -2.32. The predicted octanol–water partition coefficient (Wildman–Crippen LogP) is 4.50. The van der Waals surface area contributed by atoms with Crippen molar-refractivity contribution >= 4 is 32.7 Å². The summed E-state index contributed by atoms with van der Waals surface area (Å²) in [4.78, 5) is 11.7. The third kappa shape index (κ3) is 2.06. The summed E-state index contributed by atoms with van der Waals surface area (Å²) in [5.41, 5.74) is 0.286. The molecular weight excluding hydrogens is 304 g/mol. The molecule has 1 aliphatic carbocycles. The molecule has 1 fully saturated rings. The van der Waals surface area contributed by atoms with Crippen LogP contribution in [-0.4, -0.2) is 11.1 Å². The minimum absolute atomic E-state index is 0.665. The number of halogens is 1. The summed E-state index contributed by atoms with van der Waals surface area (Å²) in [6.45, 7) is 0. The lowest BCUT2D eigenvalue weighted by molar-refractivity contribution is -0.143. The van der Waals surface area contributed by atoms with Gasteiger partial charge in [0.15, 0.2) is 0 Å². The average molecular weight is 319 g/mol. The van der Waals surface area contributed by atoms with E-state index in [1.807, 2.05) is 30.3 Å². The number of rotatable bonds is 2. The van der Waals surface area contributed by atoms with E-state index < -0.39 is 11.4 Å². The van der Waals surface area contributed by atoms with Gasteiger partial charge in [-0.25, -0.2) is 0 Å². The Morgan fingerprint density at radius 1 is 1.05 bits per heavy atom. The van der Waals surface area contributed by atoms with Crippen LogP contribution in [0.5, 0.6) is 0 Å². The molecule has 2 nitrogen and oxygen atoms in total. The molecule has 3 rings (SSSR count). The Balaban J connectivity index is 2.14. The topological polar surface area (TPSA) is 37.3 Å². The molecule has 0 amide bonds. The van der Waals surface area contributed by atoms with Gasteiger partial charge >= 0.3 is 5.97 Å². The maximum absolute atomic E-state index is 11.7. The van der Waals surface area contributed by atoms with Gasteiger partial charge in [0.2, 0.25) is 0 Å². The van der Waals surface area contributed by atoms with Crippen LogP contribution in [0.4, 0.5) is 0 Å². The van der Waals surface area contributed by atoms with Gasteiger partial charge in [-0.3, -0.25) is 4.79 Å². The number of hydrogen-bond donors (Lipinski definition) is 1. The normalized spacial score (nSPS) is 17.7. The molecular formula is C16H15BrO2. The van der Waals surface area contributed by atoms with Crippen molar-refractivity contribution in [2.45, 2.75) is 31.1 Å². The lowest BCUT2D eigenvalue weighted by atomic mass is 9.78. The summed E-state index contributed by atoms with van der Waals surface area (Å²) in [6.07, 6.45) is 3.52. The van der Waals surface area contributed by atoms with Crippen LogP contribution < -0.4 is 0 Å². The molecule has 3 heteroatoms. The first kappa shape index (κ1) is 12.7. The van der Waals surface area contributed by atoms with Crippen molar-refractivity contribution in [3.05, 3.63) is 46.4 Å². The van der Waals surface area contributed by atoms with Gasteiger partial charge in [-0.05, 0) is 41.3 Å². The maximum Gasteiger partial charge on any atom is 0.314 e. The van der Waals surface area contributed by atoms with Crippen LogP contribution in [0.1, 0.15) is 31.2 Å². The van der Waals surface area contributed by atoms with E-state index in [1.165, 1.54) is 0 Å². The van der Waals surface area contributed by atoms with Crippen molar-refractivity contribution in [3.8, 4) is 0 Å². The van der Waals surface area contributed by atoms with Crippen LogP contribution in [0.3, 0.4) is 0 Å². The van der Waals surface area contributed by atoms with Crippen molar-refractivity contribution < 1.29 is 9.90 Å². The summed E-state index contributed by atoms with van der Waals surface area (Å²) >= 11 is 3.46. The van der Waals surface area contributed by atoms with Crippen molar-refractivity contribution in [2.75, 3.05) is 0 Å². The largest absolute Gasteiger partial charge is 0.481 e. The molecule has 0 atom stereocenters. The summed E-state index contributed by atoms with van der Waals surface area (Å²) in [5, 5.41) is 11.9. The number of carboxylic acids is 1. The number of benzene rings is 2. The standard InChI is InChI=1S/C16H15BrO2/c17-14-6-4-11-9-13(5-3-12(11)10-14)16(15(18)19)7-1-2-8-16/h3-6,9-10H,1-2,7-8H2,(H,18,19). The molecule has 0 unspecified atom stereocenters. The SMILES string of the molecule is O=C(O)C1(c2ccc3cc(Br)ccc3c2)CCCC1. The summed E-state index contributed by atoms with van der Waals surface area (Å²) in [6, 6.07) is 12.1. The molecule has 0 radical (unpaired) electrons. The first-order valence-electron chi connectivity index (χ1n) is 6.55. The Hall–Kier alpha value is -1.35. The van der Waals surface area contributed by atoms with Crippen LogP contribution in [0.2, 0.25) is 0 Å². The highest BCUT2D eigenvalue weighted by atomic mass is 79.9. The minimum atomic E-state index is -0.679. The smallest absolute Gasteiger partial charge is 0.314 e. The zero-order chi connectivity index (χ0) is 13.5. The van der Waals surface area contributed by atoms with E-state index >= 15 is 0 Å². The van der Waals surface area contributed by atoms with Crippen molar-refractivity contribution in [3.63, 3.8) is 0 Å². The zero-order valence-electron chi connectivity index (χ0n) is 10.5. The lowest BCUT2D eigenvalue weighted by Gasteiger charge is -2.24. The molecule has 0 saturated heterocycles. The second kappa shape index (κ2) is 4.64. The van der Waals surface area contributed by atoms with E-state index in [0.717, 1.165) is 46.5 Å². The fourth-order valence-electron chi connectivity index (χ4n) is 3.12. The number of carbonyl (C=O) groups is 1. The van der Waals surface area contributed by atoms with E-state index in [-0.39, 0.29) is 0 Å². The van der Waals surface area contributed by atoms with Crippen molar-refractivity contribution in [1.29, 1.82) is 0 Å². The van der Waals surface area contributed by atoms with E-state index in [4.69, 9.17) is 0 Å². The number of carboxylic acid groups (broad SMARTS) is 1. The van der Waals surface area contributed by atoms with Gasteiger partial charge in [0, 0.05) is 4.47 Å². The molecule has 1 N–H and O–H groups in total. The highest BCUT2D eigenvalue weighted by Gasteiger charge is 2.42. The minimum Gasteiger partial charge on any atom is -0.481 e. The van der Waals surface area contributed by atoms with E-state index in [1.54, 1.807) is 0 Å². The third-order valence-corrected chi connectivity index (χ3v) is 4.71. The fraction of sp³-hybridized carbons (Fsp3) is 0.312. The second-order valence-electron chi connectivity index (χ2n) is 5.30. The molecule has 98 valence electrons. The fourth-order valence-corrected chi connectivity index (χ4v) is 3.50. The van der Waals surface area contributed by atoms with E-state index in [9.17, 15) is 9.90 Å². The van der Waals surface area contributed by atoms with Gasteiger partial charge < -0.3 is 5.11 Å². The zero-order valence-corrected chi connectivity index (χ0v) is 12.1. The molecule has 1 aliphatic rings. The van der Waals surface area contributed by atoms with E-state index in [2.05, 4.69) is 22.0 Å². The molecule has 0 heterocycles. The highest BCUT2D eigenvalue weighted by Crippen LogP contribution is 2.42. The quantitative estimate of drug-likeness (QED) is 0.885. The Morgan fingerprint density at radius 3 is 2.37 bits per heavy atom. The van der Waals surface area contributed by atoms with Gasteiger partial charge in [-0.1, -0.05) is 53.0 Å². The molecule has 0 spiro atoms. The first-order valence-corrected chi connectivity index (χ1v) is 7.34. The Labute approximate surface area is 120 Å². The van der Waals surface area contributed by atoms with Gasteiger partial charge in [0.05, 0.1) is 5.41 Å². The molecule has 0 bridgehead atoms. The van der Waals surface area contributed by atoms with Crippen LogP contribution in [-0.2, 0) is 10.2 Å². The molecule has 0 aromatic heterocycles. The van der Waals surface area contributed by atoms with Gasteiger partial charge in [0.25, 0.3) is 0 Å². The Bertz CT molecular complexity index is 642. The number of hydrogen-bond acceptors (Lipinski definition) is 1. The molecule has 2 aromatic carbocycles. The molecule has 19 heavy (non-hydrogen) atoms. The highest BCUT2D eigenvalue weighted by molar-refractivity contribution is 9.10. The summed E-state index contributed by atoms with van der Waals surface area (Å²) in [7, 11) is 0. The molecule has 2 aromatic rings. The van der Waals surface area contributed by atoms with Crippen LogP contribution in [0, 0.1) is 0 Å². The monoisotopic (exact) mass is 318 g/mol. The Morgan fingerprint density at radius 2 is 1.68 bits per heavy atom. The van der Waals surface area contributed by atoms with Gasteiger partial charge in [0.1, 0.15) is 0 Å². The average Bonchev–Trinajstić information content (AvgIpc) is 2.88. The van der Waals surface area contributed by atoms with Crippen LogP contribution in [0.15, 0.2) is 40.9 Å². The van der Waals surface area contributed by atoms with Crippen molar-refractivity contribution in [2.24, 2.45) is 0 Å². The number of aliphatic carboxylic acids is 1. The van der Waals surface area contributed by atoms with Crippen LogP contribution in [0.25, 0.3) is 10.8 Å². The van der Waals surface area contributed by atoms with Gasteiger partial charge in [-0.2, -0.15) is 0 Å². The first-order chi connectivity index (χ1) is 9.12. The predicted molar refractivity (Wildman–Crippen MR) is 79.4 cm³/mol. The number of fused-ring (bicyclic) bond motifs is 1. The van der Waals surface area contributed by atoms with Gasteiger partial charge in [-0.15, -0.1) is 0 Å². The second-order valence-corrected chi connectivity index (χ2v) is 6.22. The van der Waals surface area contributed by atoms with E-state index in [0.29, 0.717) is 0 Å². The van der Waals surface area contributed by atoms with Crippen molar-refractivity contribution in [1.82, 2.24) is 0 Å². The third-order valence-electron chi connectivity index (χ3n) is 4.22. The maximum atomic E-state index is 11.7. The van der Waals surface area contributed by atoms with Crippen LogP contribution >= 0.6 is 15.9 Å². The summed E-state index contributed by atoms with van der Waals surface area (Å²) in [5.74, 6) is -0.679. The Kier molecular flexibility index (Phi) is 3.09. The molecule has 1 saturated carbocycles.